The van der Waals surface area contributed by atoms with Crippen molar-refractivity contribution in [3.8, 4) is 0 Å². The molecule has 36 heavy (non-hydrogen) atoms. The van der Waals surface area contributed by atoms with Crippen molar-refractivity contribution in [3.05, 3.63) is 35.3 Å². The monoisotopic (exact) mass is 509 g/mol. The Morgan fingerprint density at radius 3 is 1.31 bits per heavy atom. The second-order valence-corrected chi connectivity index (χ2v) is 8.97. The Bertz CT molecular complexity index is 731. The minimum atomic E-state index is -1.00. The van der Waals surface area contributed by atoms with Gasteiger partial charge >= 0.3 is 17.9 Å². The third-order valence-electron chi connectivity index (χ3n) is 5.06. The predicted octanol–water partition coefficient (Wildman–Crippen LogP) is 3.87. The molecule has 0 aromatic carbocycles. The first-order valence-electron chi connectivity index (χ1n) is 12.9. The number of ether oxygens (including phenoxy) is 3. The molecule has 0 spiro atoms. The lowest BCUT2D eigenvalue weighted by Gasteiger charge is -2.29. The molecule has 0 aromatic rings. The fraction of sp³-hybridized carbons (Fsp3) is 0.667. The van der Waals surface area contributed by atoms with Gasteiger partial charge in [0.1, 0.15) is 5.60 Å². The molecule has 0 fully saturated rings. The van der Waals surface area contributed by atoms with Gasteiger partial charge in [-0.1, -0.05) is 20.8 Å². The first kappa shape index (κ1) is 33.0. The van der Waals surface area contributed by atoms with Gasteiger partial charge in [-0.2, -0.15) is 0 Å². The molecule has 0 amide bonds. The van der Waals surface area contributed by atoms with Gasteiger partial charge < -0.3 is 30.2 Å². The van der Waals surface area contributed by atoms with E-state index in [1.54, 1.807) is 27.7 Å². The Kier molecular flexibility index (Phi) is 17.7. The Labute approximate surface area is 217 Å². The smallest absolute Gasteiger partial charge is 0.333 e. The van der Waals surface area contributed by atoms with Crippen molar-refractivity contribution in [2.24, 2.45) is 0 Å². The zero-order chi connectivity index (χ0) is 27.4. The lowest BCUT2D eigenvalue weighted by molar-refractivity contribution is -0.157. The van der Waals surface area contributed by atoms with E-state index in [1.807, 2.05) is 20.8 Å². The minimum Gasteiger partial charge on any atom is -0.462 e. The van der Waals surface area contributed by atoms with Crippen LogP contribution in [0.3, 0.4) is 0 Å². The summed E-state index contributed by atoms with van der Waals surface area (Å²) in [5, 5.41) is 9.35. The van der Waals surface area contributed by atoms with Crippen LogP contribution in [0.25, 0.3) is 0 Å². The van der Waals surface area contributed by atoms with Gasteiger partial charge in [-0.25, -0.2) is 14.4 Å². The van der Waals surface area contributed by atoms with Gasteiger partial charge in [-0.15, -0.1) is 0 Å². The van der Waals surface area contributed by atoms with E-state index in [-0.39, 0.29) is 26.1 Å². The van der Waals surface area contributed by atoms with Gasteiger partial charge in [0.05, 0.1) is 13.2 Å². The number of carbonyl (C=O) groups excluding carboxylic acids is 3. The van der Waals surface area contributed by atoms with Crippen molar-refractivity contribution in [1.29, 1.82) is 0 Å². The van der Waals surface area contributed by atoms with Crippen LogP contribution in [-0.4, -0.2) is 56.4 Å². The molecule has 0 saturated carbocycles. The molecule has 0 aliphatic rings. The van der Waals surface area contributed by atoms with Crippen molar-refractivity contribution in [1.82, 2.24) is 16.0 Å². The normalized spacial score (nSPS) is 13.9. The molecule has 0 aromatic heterocycles. The molecule has 0 heterocycles. The highest BCUT2D eigenvalue weighted by molar-refractivity contribution is 5.83. The highest BCUT2D eigenvalue weighted by Gasteiger charge is 2.29. The van der Waals surface area contributed by atoms with E-state index in [2.05, 4.69) is 16.0 Å². The van der Waals surface area contributed by atoms with E-state index in [9.17, 15) is 14.4 Å². The molecular formula is C27H47N3O6. The Hall–Kier alpha value is -2.97. The third kappa shape index (κ3) is 17.5. The number of rotatable bonds is 19. The Morgan fingerprint density at radius 2 is 0.972 bits per heavy atom. The summed E-state index contributed by atoms with van der Waals surface area (Å²) in [4.78, 5) is 36.7. The van der Waals surface area contributed by atoms with Crippen molar-refractivity contribution in [2.75, 3.05) is 32.8 Å². The Morgan fingerprint density at radius 1 is 0.639 bits per heavy atom. The third-order valence-corrected chi connectivity index (χ3v) is 5.06. The molecule has 0 radical (unpaired) electrons. The standard InChI is InChI=1S/C27H47N3O6/c1-8-13-28-21(4)18-24(31)34-16-11-27(7,36-26(33)20-23(6)30-15-10-3)12-17-35-25(32)19-22(5)29-14-9-2/h18-20,28-30H,8-17H2,1-7H3/b21-18-,22-19-,23-20-. The second kappa shape index (κ2) is 19.2. The molecular weight excluding hydrogens is 462 g/mol. The number of nitrogens with one attached hydrogen (secondary N) is 3. The summed E-state index contributed by atoms with van der Waals surface area (Å²) in [5.41, 5.74) is 1.14. The number of allylic oxidation sites excluding steroid dienone is 3. The lowest BCUT2D eigenvalue weighted by atomic mass is 9.98. The van der Waals surface area contributed by atoms with Crippen LogP contribution in [0.4, 0.5) is 0 Å². The molecule has 206 valence electrons. The fourth-order valence-electron chi connectivity index (χ4n) is 2.97. The van der Waals surface area contributed by atoms with E-state index >= 15 is 0 Å². The molecule has 0 aliphatic heterocycles. The number of esters is 3. The summed E-state index contributed by atoms with van der Waals surface area (Å²) in [6, 6.07) is 0. The van der Waals surface area contributed by atoms with Crippen molar-refractivity contribution in [3.63, 3.8) is 0 Å². The first-order valence-corrected chi connectivity index (χ1v) is 12.9. The average Bonchev–Trinajstić information content (AvgIpc) is 2.79. The zero-order valence-electron chi connectivity index (χ0n) is 23.3. The Balaban J connectivity index is 5.10. The largest absolute Gasteiger partial charge is 0.462 e. The van der Waals surface area contributed by atoms with Crippen molar-refractivity contribution < 1.29 is 28.6 Å². The van der Waals surface area contributed by atoms with Crippen LogP contribution < -0.4 is 16.0 Å². The molecule has 0 bridgehead atoms. The van der Waals surface area contributed by atoms with Gasteiger partial charge in [0.2, 0.25) is 0 Å². The summed E-state index contributed by atoms with van der Waals surface area (Å²) >= 11 is 0. The van der Waals surface area contributed by atoms with Crippen LogP contribution in [0.2, 0.25) is 0 Å². The van der Waals surface area contributed by atoms with Crippen LogP contribution in [0, 0.1) is 0 Å². The van der Waals surface area contributed by atoms with Gasteiger partial charge in [-0.05, 0) is 47.0 Å². The second-order valence-electron chi connectivity index (χ2n) is 8.97. The first-order chi connectivity index (χ1) is 17.0. The van der Waals surface area contributed by atoms with Gasteiger partial charge in [-0.3, -0.25) is 0 Å². The molecule has 0 saturated heterocycles. The number of hydrogen-bond acceptors (Lipinski definition) is 9. The maximum Gasteiger partial charge on any atom is 0.333 e. The maximum atomic E-state index is 12.5. The van der Waals surface area contributed by atoms with Crippen LogP contribution >= 0.6 is 0 Å². The zero-order valence-corrected chi connectivity index (χ0v) is 23.3. The van der Waals surface area contributed by atoms with E-state index in [4.69, 9.17) is 14.2 Å². The molecule has 0 atom stereocenters. The average molecular weight is 510 g/mol. The molecule has 0 aliphatic carbocycles. The highest BCUT2D eigenvalue weighted by atomic mass is 16.6. The number of carbonyl (C=O) groups is 3. The molecule has 9 nitrogen and oxygen atoms in total. The maximum absolute atomic E-state index is 12.5. The summed E-state index contributed by atoms with van der Waals surface area (Å²) in [5.74, 6) is -1.47. The van der Waals surface area contributed by atoms with E-state index in [0.717, 1.165) is 50.3 Å². The lowest BCUT2D eigenvalue weighted by Crippen LogP contribution is -2.35. The van der Waals surface area contributed by atoms with Crippen molar-refractivity contribution >= 4 is 17.9 Å². The van der Waals surface area contributed by atoms with E-state index in [0.29, 0.717) is 5.70 Å². The predicted molar refractivity (Wildman–Crippen MR) is 142 cm³/mol. The summed E-state index contributed by atoms with van der Waals surface area (Å²) in [6.07, 6.45) is 7.50. The summed E-state index contributed by atoms with van der Waals surface area (Å²) < 4.78 is 16.4. The SMILES string of the molecule is CCCN/C(C)=C\C(=O)OCCC(C)(CCOC(=O)/C=C(/C)NCCC)OC(=O)/C=C(/C)NCCC. The molecule has 3 N–H and O–H groups in total. The topological polar surface area (TPSA) is 115 Å². The van der Waals surface area contributed by atoms with Gasteiger partial charge in [0.25, 0.3) is 0 Å². The van der Waals surface area contributed by atoms with Crippen molar-refractivity contribution in [2.45, 2.75) is 86.2 Å². The van der Waals surface area contributed by atoms with Crippen LogP contribution in [0.15, 0.2) is 35.3 Å². The molecule has 9 heteroatoms. The van der Waals surface area contributed by atoms with Crippen LogP contribution in [0.1, 0.15) is 80.6 Å². The minimum absolute atomic E-state index is 0.0465. The summed E-state index contributed by atoms with van der Waals surface area (Å²) in [7, 11) is 0. The van der Waals surface area contributed by atoms with Crippen LogP contribution in [-0.2, 0) is 28.6 Å². The van der Waals surface area contributed by atoms with Gasteiger partial charge in [0.15, 0.2) is 0 Å². The van der Waals surface area contributed by atoms with Gasteiger partial charge in [0, 0.05) is 67.8 Å². The molecule has 0 rings (SSSR count). The van der Waals surface area contributed by atoms with E-state index < -0.39 is 23.5 Å². The summed E-state index contributed by atoms with van der Waals surface area (Å²) in [6.45, 7) is 15.6. The van der Waals surface area contributed by atoms with E-state index in [1.165, 1.54) is 18.2 Å². The highest BCUT2D eigenvalue weighted by Crippen LogP contribution is 2.22. The quantitative estimate of drug-likeness (QED) is 0.136. The number of hydrogen-bond donors (Lipinski definition) is 3. The molecule has 0 unspecified atom stereocenters. The van der Waals surface area contributed by atoms with Crippen LogP contribution in [0.5, 0.6) is 0 Å². The fourth-order valence-corrected chi connectivity index (χ4v) is 2.97.